The third kappa shape index (κ3) is 3.54. The second kappa shape index (κ2) is 4.83. The zero-order chi connectivity index (χ0) is 7.28. The highest BCUT2D eigenvalue weighted by Gasteiger charge is 2.19. The first-order valence-corrected chi connectivity index (χ1v) is 3.58. The van der Waals surface area contributed by atoms with Crippen molar-refractivity contribution in [1.82, 2.24) is 0 Å². The molecule has 0 bridgehead atoms. The summed E-state index contributed by atoms with van der Waals surface area (Å²) in [6.07, 6.45) is 2.79. The molecule has 54 valence electrons. The third-order valence-electron chi connectivity index (χ3n) is 1.61. The van der Waals surface area contributed by atoms with Gasteiger partial charge >= 0.3 is 7.12 Å². The third-order valence-corrected chi connectivity index (χ3v) is 1.61. The van der Waals surface area contributed by atoms with E-state index in [-0.39, 0.29) is 5.82 Å². The standard InChI is InChI=1S/C6H15BO2/c1-3-5-6(4-2)7(8)9/h6,8-9H,3-5H2,1-2H3. The number of hydrogen-bond acceptors (Lipinski definition) is 2. The Morgan fingerprint density at radius 1 is 1.33 bits per heavy atom. The molecule has 0 fully saturated rings. The van der Waals surface area contributed by atoms with E-state index in [0.717, 1.165) is 19.3 Å². The van der Waals surface area contributed by atoms with E-state index in [1.165, 1.54) is 0 Å². The van der Waals surface area contributed by atoms with Crippen LogP contribution in [0, 0.1) is 0 Å². The topological polar surface area (TPSA) is 40.5 Å². The van der Waals surface area contributed by atoms with Gasteiger partial charge in [-0.15, -0.1) is 0 Å². The van der Waals surface area contributed by atoms with E-state index in [2.05, 4.69) is 0 Å². The van der Waals surface area contributed by atoms with Gasteiger partial charge in [0.15, 0.2) is 0 Å². The van der Waals surface area contributed by atoms with E-state index in [0.29, 0.717) is 0 Å². The molecule has 0 saturated carbocycles. The molecule has 0 aromatic carbocycles. The lowest BCUT2D eigenvalue weighted by Gasteiger charge is -2.10. The van der Waals surface area contributed by atoms with Crippen molar-refractivity contribution >= 4 is 7.12 Å². The highest BCUT2D eigenvalue weighted by molar-refractivity contribution is 6.43. The minimum Gasteiger partial charge on any atom is -0.427 e. The van der Waals surface area contributed by atoms with Crippen molar-refractivity contribution in [1.29, 1.82) is 0 Å². The monoisotopic (exact) mass is 130 g/mol. The van der Waals surface area contributed by atoms with Crippen LogP contribution in [0.5, 0.6) is 0 Å². The molecule has 0 heterocycles. The van der Waals surface area contributed by atoms with Crippen LogP contribution in [-0.4, -0.2) is 17.2 Å². The summed E-state index contributed by atoms with van der Waals surface area (Å²) in [5, 5.41) is 17.4. The van der Waals surface area contributed by atoms with Crippen molar-refractivity contribution in [2.24, 2.45) is 0 Å². The second-order valence-electron chi connectivity index (χ2n) is 2.37. The SMILES string of the molecule is CCCC(CC)B(O)O. The van der Waals surface area contributed by atoms with Gasteiger partial charge in [-0.3, -0.25) is 0 Å². The maximum absolute atomic E-state index is 8.70. The molecule has 0 aliphatic heterocycles. The molecule has 0 aliphatic carbocycles. The first-order valence-electron chi connectivity index (χ1n) is 3.58. The summed E-state index contributed by atoms with van der Waals surface area (Å²) in [6.45, 7) is 4.02. The van der Waals surface area contributed by atoms with Crippen LogP contribution >= 0.6 is 0 Å². The molecule has 9 heavy (non-hydrogen) atoms. The quantitative estimate of drug-likeness (QED) is 0.558. The molecule has 0 radical (unpaired) electrons. The van der Waals surface area contributed by atoms with Crippen LogP contribution < -0.4 is 0 Å². The van der Waals surface area contributed by atoms with E-state index in [4.69, 9.17) is 10.0 Å². The first-order chi connectivity index (χ1) is 4.22. The lowest BCUT2D eigenvalue weighted by Crippen LogP contribution is -2.19. The van der Waals surface area contributed by atoms with E-state index < -0.39 is 7.12 Å². The zero-order valence-electron chi connectivity index (χ0n) is 6.17. The van der Waals surface area contributed by atoms with Gasteiger partial charge in [0.2, 0.25) is 0 Å². The summed E-state index contributed by atoms with van der Waals surface area (Å²) in [7, 11) is -1.12. The minimum absolute atomic E-state index is 0.0787. The fraction of sp³-hybridized carbons (Fsp3) is 1.00. The first kappa shape index (κ1) is 8.98. The molecule has 0 amide bonds. The molecule has 0 aromatic rings. The Labute approximate surface area is 57.0 Å². The van der Waals surface area contributed by atoms with Crippen molar-refractivity contribution in [3.63, 3.8) is 0 Å². The molecule has 0 spiro atoms. The Morgan fingerprint density at radius 2 is 1.89 bits per heavy atom. The Hall–Kier alpha value is -0.0151. The largest absolute Gasteiger partial charge is 0.454 e. The zero-order valence-corrected chi connectivity index (χ0v) is 6.17. The van der Waals surface area contributed by atoms with Crippen molar-refractivity contribution < 1.29 is 10.0 Å². The van der Waals surface area contributed by atoms with E-state index in [9.17, 15) is 0 Å². The van der Waals surface area contributed by atoms with Crippen LogP contribution in [0.2, 0.25) is 5.82 Å². The second-order valence-corrected chi connectivity index (χ2v) is 2.37. The normalized spacial score (nSPS) is 13.3. The van der Waals surface area contributed by atoms with Crippen LogP contribution in [0.1, 0.15) is 33.1 Å². The summed E-state index contributed by atoms with van der Waals surface area (Å²) >= 11 is 0. The average Bonchev–Trinajstić information content (AvgIpc) is 1.82. The smallest absolute Gasteiger partial charge is 0.427 e. The number of rotatable bonds is 4. The van der Waals surface area contributed by atoms with E-state index in [1.807, 2.05) is 13.8 Å². The van der Waals surface area contributed by atoms with Gasteiger partial charge < -0.3 is 10.0 Å². The lowest BCUT2D eigenvalue weighted by molar-refractivity contribution is 0.374. The summed E-state index contributed by atoms with van der Waals surface area (Å²) < 4.78 is 0. The Balaban J connectivity index is 3.41. The molecular formula is C6H15BO2. The maximum Gasteiger partial charge on any atom is 0.454 e. The molecule has 1 unspecified atom stereocenters. The van der Waals surface area contributed by atoms with E-state index in [1.54, 1.807) is 0 Å². The Bertz CT molecular complexity index is 66.1. The fourth-order valence-corrected chi connectivity index (χ4v) is 0.935. The summed E-state index contributed by atoms with van der Waals surface area (Å²) in [4.78, 5) is 0. The molecule has 0 rings (SSSR count). The van der Waals surface area contributed by atoms with Gasteiger partial charge in [-0.05, 0) is 5.82 Å². The molecular weight excluding hydrogens is 115 g/mol. The van der Waals surface area contributed by atoms with Gasteiger partial charge in [0.25, 0.3) is 0 Å². The van der Waals surface area contributed by atoms with Gasteiger partial charge in [0.05, 0.1) is 0 Å². The van der Waals surface area contributed by atoms with Crippen LogP contribution in [0.15, 0.2) is 0 Å². The molecule has 0 aromatic heterocycles. The Kier molecular flexibility index (Phi) is 4.82. The van der Waals surface area contributed by atoms with Gasteiger partial charge in [-0.2, -0.15) is 0 Å². The number of hydrogen-bond donors (Lipinski definition) is 2. The Morgan fingerprint density at radius 3 is 2.00 bits per heavy atom. The van der Waals surface area contributed by atoms with Gasteiger partial charge in [-0.25, -0.2) is 0 Å². The lowest BCUT2D eigenvalue weighted by atomic mass is 9.69. The van der Waals surface area contributed by atoms with Crippen LogP contribution in [0.4, 0.5) is 0 Å². The maximum atomic E-state index is 8.70. The molecule has 2 N–H and O–H groups in total. The highest BCUT2D eigenvalue weighted by atomic mass is 16.4. The van der Waals surface area contributed by atoms with Crippen molar-refractivity contribution in [2.45, 2.75) is 38.9 Å². The summed E-state index contributed by atoms with van der Waals surface area (Å²) in [5.41, 5.74) is 0. The molecule has 1 atom stereocenters. The van der Waals surface area contributed by atoms with Crippen molar-refractivity contribution in [3.8, 4) is 0 Å². The molecule has 3 heteroatoms. The average molecular weight is 130 g/mol. The van der Waals surface area contributed by atoms with Crippen molar-refractivity contribution in [2.75, 3.05) is 0 Å². The highest BCUT2D eigenvalue weighted by Crippen LogP contribution is 2.17. The van der Waals surface area contributed by atoms with Gasteiger partial charge in [0.1, 0.15) is 0 Å². The predicted molar refractivity (Wildman–Crippen MR) is 39.1 cm³/mol. The fourth-order valence-electron chi connectivity index (χ4n) is 0.935. The van der Waals surface area contributed by atoms with Crippen LogP contribution in [0.3, 0.4) is 0 Å². The van der Waals surface area contributed by atoms with Gasteiger partial charge in [0, 0.05) is 0 Å². The summed E-state index contributed by atoms with van der Waals surface area (Å²) in [5.74, 6) is 0.0787. The van der Waals surface area contributed by atoms with E-state index >= 15 is 0 Å². The molecule has 2 nitrogen and oxygen atoms in total. The predicted octanol–water partition coefficient (Wildman–Crippen LogP) is 1.04. The van der Waals surface area contributed by atoms with Crippen molar-refractivity contribution in [3.05, 3.63) is 0 Å². The molecule has 0 aliphatic rings. The molecule has 0 saturated heterocycles. The van der Waals surface area contributed by atoms with Crippen LogP contribution in [-0.2, 0) is 0 Å². The summed E-state index contributed by atoms with van der Waals surface area (Å²) in [6, 6.07) is 0. The van der Waals surface area contributed by atoms with Gasteiger partial charge in [-0.1, -0.05) is 33.1 Å². The van der Waals surface area contributed by atoms with Crippen LogP contribution in [0.25, 0.3) is 0 Å². The minimum atomic E-state index is -1.12.